The van der Waals surface area contributed by atoms with Crippen molar-refractivity contribution in [1.82, 2.24) is 9.21 Å². The summed E-state index contributed by atoms with van der Waals surface area (Å²) in [4.78, 5) is 2.83. The third-order valence-corrected chi connectivity index (χ3v) is 8.06. The van der Waals surface area contributed by atoms with Crippen LogP contribution in [0.5, 0.6) is 11.5 Å². The molecule has 2 aromatic carbocycles. The van der Waals surface area contributed by atoms with E-state index in [2.05, 4.69) is 17.0 Å². The fraction of sp³-hybridized carbons (Fsp3) is 0.478. The number of ether oxygens (including phenoxy) is 2. The van der Waals surface area contributed by atoms with Crippen molar-refractivity contribution in [2.24, 2.45) is 5.92 Å². The Morgan fingerprint density at radius 2 is 1.68 bits per heavy atom. The summed E-state index contributed by atoms with van der Waals surface area (Å²) >= 11 is 0. The number of rotatable bonds is 6. The maximum Gasteiger partial charge on any atom is 0.243 e. The van der Waals surface area contributed by atoms with Crippen molar-refractivity contribution in [2.75, 3.05) is 40.4 Å². The van der Waals surface area contributed by atoms with Gasteiger partial charge >= 0.3 is 0 Å². The number of nitrogens with zero attached hydrogens (tertiary/aromatic N) is 2. The molecule has 31 heavy (non-hydrogen) atoms. The fourth-order valence-electron chi connectivity index (χ4n) is 4.60. The van der Waals surface area contributed by atoms with Gasteiger partial charge in [0.15, 0.2) is 11.5 Å². The van der Waals surface area contributed by atoms with E-state index in [1.807, 2.05) is 6.07 Å². The normalized spacial score (nSPS) is 19.9. The lowest BCUT2D eigenvalue weighted by Crippen LogP contribution is -2.44. The second kappa shape index (κ2) is 10.2. The Balaban J connectivity index is 0.00000272. The molecule has 0 amide bonds. The van der Waals surface area contributed by atoms with Crippen molar-refractivity contribution in [1.29, 1.82) is 0 Å². The molecule has 0 aromatic heterocycles. The van der Waals surface area contributed by atoms with Crippen molar-refractivity contribution in [3.05, 3.63) is 53.6 Å². The molecular formula is C23H31ClN2O4S. The van der Waals surface area contributed by atoms with Gasteiger partial charge in [-0.25, -0.2) is 8.42 Å². The van der Waals surface area contributed by atoms with Crippen molar-refractivity contribution in [2.45, 2.75) is 30.7 Å². The predicted octanol–water partition coefficient (Wildman–Crippen LogP) is 3.58. The summed E-state index contributed by atoms with van der Waals surface area (Å²) in [5, 5.41) is 0. The first-order chi connectivity index (χ1) is 14.5. The standard InChI is InChI=1S/C23H30N2O4S.ClH/c1-28-22-13-19-10-12-24(17-20(19)14-23(22)29-2)15-18-7-6-11-25(16-18)30(26,27)21-8-4-3-5-9-21;/h3-5,8-9,13-14,18H,6-7,10-12,15-17H2,1-2H3;1H. The van der Waals surface area contributed by atoms with Crippen LogP contribution in [0, 0.1) is 5.92 Å². The summed E-state index contributed by atoms with van der Waals surface area (Å²) in [7, 11) is -0.0910. The lowest BCUT2D eigenvalue weighted by atomic mass is 9.95. The Bertz CT molecular complexity index is 985. The minimum absolute atomic E-state index is 0. The maximum atomic E-state index is 13.0. The molecule has 1 fully saturated rings. The quantitative estimate of drug-likeness (QED) is 0.651. The summed E-state index contributed by atoms with van der Waals surface area (Å²) in [6.45, 7) is 3.94. The summed E-state index contributed by atoms with van der Waals surface area (Å²) in [5.74, 6) is 1.88. The topological polar surface area (TPSA) is 59.1 Å². The number of hydrogen-bond donors (Lipinski definition) is 0. The number of halogens is 1. The molecule has 0 aliphatic carbocycles. The van der Waals surface area contributed by atoms with Gasteiger partial charge in [-0.1, -0.05) is 18.2 Å². The number of hydrogen-bond acceptors (Lipinski definition) is 5. The molecular weight excluding hydrogens is 436 g/mol. The predicted molar refractivity (Wildman–Crippen MR) is 124 cm³/mol. The molecule has 4 rings (SSSR count). The molecule has 0 radical (unpaired) electrons. The van der Waals surface area contributed by atoms with Crippen LogP contribution >= 0.6 is 12.4 Å². The van der Waals surface area contributed by atoms with Gasteiger partial charge in [0.2, 0.25) is 10.0 Å². The monoisotopic (exact) mass is 466 g/mol. The Labute approximate surface area is 191 Å². The summed E-state index contributed by atoms with van der Waals surface area (Å²) in [6, 6.07) is 12.9. The van der Waals surface area contributed by atoms with Gasteiger partial charge in [-0.05, 0) is 60.6 Å². The molecule has 170 valence electrons. The number of methoxy groups -OCH3 is 2. The average Bonchev–Trinajstić information content (AvgIpc) is 2.78. The van der Waals surface area contributed by atoms with Gasteiger partial charge in [-0.2, -0.15) is 4.31 Å². The van der Waals surface area contributed by atoms with E-state index >= 15 is 0 Å². The Morgan fingerprint density at radius 1 is 1.00 bits per heavy atom. The van der Waals surface area contributed by atoms with Gasteiger partial charge in [-0.3, -0.25) is 4.90 Å². The Morgan fingerprint density at radius 3 is 2.35 bits per heavy atom. The van der Waals surface area contributed by atoms with Crippen molar-refractivity contribution >= 4 is 22.4 Å². The molecule has 6 nitrogen and oxygen atoms in total. The largest absolute Gasteiger partial charge is 0.493 e. The van der Waals surface area contributed by atoms with Gasteiger partial charge in [0, 0.05) is 32.7 Å². The van der Waals surface area contributed by atoms with Crippen LogP contribution in [0.4, 0.5) is 0 Å². The highest BCUT2D eigenvalue weighted by atomic mass is 35.5. The molecule has 1 saturated heterocycles. The third-order valence-electron chi connectivity index (χ3n) is 6.18. The molecule has 1 unspecified atom stereocenters. The summed E-state index contributed by atoms with van der Waals surface area (Å²) < 4.78 is 38.6. The van der Waals surface area contributed by atoms with Gasteiger partial charge in [0.05, 0.1) is 19.1 Å². The van der Waals surface area contributed by atoms with Crippen LogP contribution in [0.3, 0.4) is 0 Å². The molecule has 2 aliphatic heterocycles. The van der Waals surface area contributed by atoms with Crippen LogP contribution in [0.2, 0.25) is 0 Å². The zero-order chi connectivity index (χ0) is 21.1. The van der Waals surface area contributed by atoms with E-state index in [0.717, 1.165) is 50.4 Å². The molecule has 8 heteroatoms. The molecule has 0 N–H and O–H groups in total. The van der Waals surface area contributed by atoms with Crippen LogP contribution < -0.4 is 9.47 Å². The second-order valence-electron chi connectivity index (χ2n) is 8.15. The van der Waals surface area contributed by atoms with Crippen LogP contribution in [-0.4, -0.2) is 58.0 Å². The Kier molecular flexibility index (Phi) is 7.86. The molecule has 2 aliphatic rings. The van der Waals surface area contributed by atoms with Crippen molar-refractivity contribution in [3.63, 3.8) is 0 Å². The maximum absolute atomic E-state index is 13.0. The first kappa shape index (κ1) is 23.9. The summed E-state index contributed by atoms with van der Waals surface area (Å²) in [5.41, 5.74) is 2.57. The van der Waals surface area contributed by atoms with E-state index in [0.29, 0.717) is 23.9 Å². The first-order valence-corrected chi connectivity index (χ1v) is 12.0. The van der Waals surface area contributed by atoms with Gasteiger partial charge in [0.1, 0.15) is 0 Å². The third kappa shape index (κ3) is 5.17. The fourth-order valence-corrected chi connectivity index (χ4v) is 6.17. The second-order valence-corrected chi connectivity index (χ2v) is 10.1. The molecule has 0 bridgehead atoms. The van der Waals surface area contributed by atoms with Crippen LogP contribution in [-0.2, 0) is 23.0 Å². The zero-order valence-corrected chi connectivity index (χ0v) is 19.8. The van der Waals surface area contributed by atoms with E-state index in [1.54, 1.807) is 42.8 Å². The number of benzene rings is 2. The van der Waals surface area contributed by atoms with Crippen LogP contribution in [0.1, 0.15) is 24.0 Å². The highest BCUT2D eigenvalue weighted by molar-refractivity contribution is 7.89. The van der Waals surface area contributed by atoms with Gasteiger partial charge < -0.3 is 9.47 Å². The van der Waals surface area contributed by atoms with E-state index in [9.17, 15) is 8.42 Å². The SMILES string of the molecule is COc1cc2c(cc1OC)CN(CC1CCCN(S(=O)(=O)c3ccccc3)C1)CC2.Cl. The molecule has 0 spiro atoms. The lowest BCUT2D eigenvalue weighted by Gasteiger charge is -2.37. The first-order valence-electron chi connectivity index (χ1n) is 10.5. The number of piperidine rings is 1. The minimum atomic E-state index is -3.42. The molecule has 0 saturated carbocycles. The number of sulfonamides is 1. The van der Waals surface area contributed by atoms with Gasteiger partial charge in [0.25, 0.3) is 0 Å². The van der Waals surface area contributed by atoms with Crippen molar-refractivity contribution < 1.29 is 17.9 Å². The molecule has 1 atom stereocenters. The van der Waals surface area contributed by atoms with E-state index in [4.69, 9.17) is 9.47 Å². The van der Waals surface area contributed by atoms with Crippen LogP contribution in [0.15, 0.2) is 47.4 Å². The highest BCUT2D eigenvalue weighted by Gasteiger charge is 2.31. The number of fused-ring (bicyclic) bond motifs is 1. The molecule has 2 aromatic rings. The minimum Gasteiger partial charge on any atom is -0.493 e. The Hall–Kier alpha value is -1.80. The van der Waals surface area contributed by atoms with Crippen molar-refractivity contribution in [3.8, 4) is 11.5 Å². The lowest BCUT2D eigenvalue weighted by molar-refractivity contribution is 0.167. The average molecular weight is 467 g/mol. The van der Waals surface area contributed by atoms with E-state index < -0.39 is 10.0 Å². The smallest absolute Gasteiger partial charge is 0.243 e. The van der Waals surface area contributed by atoms with E-state index in [1.165, 1.54) is 11.1 Å². The zero-order valence-electron chi connectivity index (χ0n) is 18.1. The highest BCUT2D eigenvalue weighted by Crippen LogP contribution is 2.34. The van der Waals surface area contributed by atoms with Crippen LogP contribution in [0.25, 0.3) is 0 Å². The van der Waals surface area contributed by atoms with Gasteiger partial charge in [-0.15, -0.1) is 12.4 Å². The molecule has 2 heterocycles. The van der Waals surface area contributed by atoms with E-state index in [-0.39, 0.29) is 12.4 Å². The summed E-state index contributed by atoms with van der Waals surface area (Å²) in [6.07, 6.45) is 2.94.